The van der Waals surface area contributed by atoms with Gasteiger partial charge < -0.3 is 15.4 Å². The topological polar surface area (TPSA) is 80.3 Å². The van der Waals surface area contributed by atoms with Crippen LogP contribution in [0.25, 0.3) is 0 Å². The van der Waals surface area contributed by atoms with Crippen LogP contribution in [0.3, 0.4) is 0 Å². The third-order valence-electron chi connectivity index (χ3n) is 3.22. The van der Waals surface area contributed by atoms with Gasteiger partial charge >= 0.3 is 12.3 Å². The van der Waals surface area contributed by atoms with Crippen molar-refractivity contribution in [3.8, 4) is 0 Å². The van der Waals surface area contributed by atoms with E-state index < -0.39 is 23.7 Å². The van der Waals surface area contributed by atoms with Gasteiger partial charge in [0.2, 0.25) is 0 Å². The first-order chi connectivity index (χ1) is 12.3. The number of alkyl halides is 3. The zero-order chi connectivity index (χ0) is 19.2. The Kier molecular flexibility index (Phi) is 6.16. The van der Waals surface area contributed by atoms with Crippen molar-refractivity contribution in [2.45, 2.75) is 19.6 Å². The van der Waals surface area contributed by atoms with E-state index in [4.69, 9.17) is 4.74 Å². The van der Waals surface area contributed by atoms with Crippen LogP contribution in [-0.4, -0.2) is 23.6 Å². The number of nitrogens with zero attached hydrogens (tertiary/aromatic N) is 1. The van der Waals surface area contributed by atoms with Crippen LogP contribution < -0.4 is 10.6 Å². The Balaban J connectivity index is 2.06. The van der Waals surface area contributed by atoms with Gasteiger partial charge in [-0.1, -0.05) is 6.07 Å². The minimum atomic E-state index is -4.50. The van der Waals surface area contributed by atoms with Gasteiger partial charge in [-0.15, -0.1) is 0 Å². The molecule has 2 N–H and O–H groups in total. The SMILES string of the molecule is CCOC(=O)NCc1cc(C(=O)Nc2cccc(C(F)(F)F)c2)ccn1. The molecule has 1 aromatic carbocycles. The van der Waals surface area contributed by atoms with Crippen LogP contribution in [0.15, 0.2) is 42.6 Å². The van der Waals surface area contributed by atoms with E-state index >= 15 is 0 Å². The molecule has 0 aliphatic heterocycles. The Morgan fingerprint density at radius 3 is 2.65 bits per heavy atom. The summed E-state index contributed by atoms with van der Waals surface area (Å²) in [6, 6.07) is 7.17. The van der Waals surface area contributed by atoms with E-state index in [1.165, 1.54) is 30.5 Å². The fourth-order valence-electron chi connectivity index (χ4n) is 2.04. The number of hydrogen-bond acceptors (Lipinski definition) is 4. The number of ether oxygens (including phenoxy) is 1. The first-order valence-corrected chi connectivity index (χ1v) is 7.63. The minimum absolute atomic E-state index is 0.0211. The Hall–Kier alpha value is -3.10. The van der Waals surface area contributed by atoms with E-state index in [2.05, 4.69) is 15.6 Å². The van der Waals surface area contributed by atoms with Crippen molar-refractivity contribution < 1.29 is 27.5 Å². The lowest BCUT2D eigenvalue weighted by atomic mass is 10.1. The molecule has 0 unspecified atom stereocenters. The van der Waals surface area contributed by atoms with Crippen molar-refractivity contribution in [2.24, 2.45) is 0 Å². The molecule has 138 valence electrons. The Morgan fingerprint density at radius 1 is 1.19 bits per heavy atom. The highest BCUT2D eigenvalue weighted by Crippen LogP contribution is 2.30. The van der Waals surface area contributed by atoms with Crippen LogP contribution in [0.5, 0.6) is 0 Å². The molecule has 26 heavy (non-hydrogen) atoms. The summed E-state index contributed by atoms with van der Waals surface area (Å²) in [5.74, 6) is -0.593. The number of benzene rings is 1. The van der Waals surface area contributed by atoms with Crippen LogP contribution in [0, 0.1) is 0 Å². The number of hydrogen-bond donors (Lipinski definition) is 2. The second-order valence-electron chi connectivity index (χ2n) is 5.14. The molecule has 2 aromatic rings. The summed E-state index contributed by atoms with van der Waals surface area (Å²) in [5, 5.41) is 4.86. The highest BCUT2D eigenvalue weighted by molar-refractivity contribution is 6.04. The molecule has 6 nitrogen and oxygen atoms in total. The van der Waals surface area contributed by atoms with E-state index in [0.717, 1.165) is 12.1 Å². The first-order valence-electron chi connectivity index (χ1n) is 7.63. The van der Waals surface area contributed by atoms with Crippen molar-refractivity contribution in [2.75, 3.05) is 11.9 Å². The lowest BCUT2D eigenvalue weighted by molar-refractivity contribution is -0.137. The molecule has 0 atom stereocenters. The van der Waals surface area contributed by atoms with Crippen LogP contribution in [-0.2, 0) is 17.5 Å². The number of amides is 2. The van der Waals surface area contributed by atoms with Crippen LogP contribution in [0.4, 0.5) is 23.7 Å². The van der Waals surface area contributed by atoms with E-state index in [-0.39, 0.29) is 24.4 Å². The average molecular weight is 367 g/mol. The minimum Gasteiger partial charge on any atom is -0.450 e. The summed E-state index contributed by atoms with van der Waals surface area (Å²) >= 11 is 0. The standard InChI is InChI=1S/C17H16F3N3O3/c1-2-26-16(25)22-10-14-8-11(6-7-21-14)15(24)23-13-5-3-4-12(9-13)17(18,19)20/h3-9H,2,10H2,1H3,(H,22,25)(H,23,24). The molecular weight excluding hydrogens is 351 g/mol. The molecule has 9 heteroatoms. The largest absolute Gasteiger partial charge is 0.450 e. The number of carbonyl (C=O) groups is 2. The van der Waals surface area contributed by atoms with Crippen molar-refractivity contribution in [3.63, 3.8) is 0 Å². The number of pyridine rings is 1. The maximum atomic E-state index is 12.7. The van der Waals surface area contributed by atoms with Gasteiger partial charge in [0.1, 0.15) is 0 Å². The predicted molar refractivity (Wildman–Crippen MR) is 87.5 cm³/mol. The van der Waals surface area contributed by atoms with E-state index in [1.807, 2.05) is 0 Å². The Bertz CT molecular complexity index is 794. The van der Waals surface area contributed by atoms with Gasteiger partial charge in [-0.05, 0) is 37.3 Å². The summed E-state index contributed by atoms with van der Waals surface area (Å²) in [6.45, 7) is 1.93. The van der Waals surface area contributed by atoms with Gasteiger partial charge in [0, 0.05) is 17.4 Å². The van der Waals surface area contributed by atoms with E-state index in [9.17, 15) is 22.8 Å². The molecule has 1 aromatic heterocycles. The molecule has 0 saturated carbocycles. The highest BCUT2D eigenvalue weighted by Gasteiger charge is 2.30. The summed E-state index contributed by atoms with van der Waals surface area (Å²) in [7, 11) is 0. The number of rotatable bonds is 5. The second kappa shape index (κ2) is 8.32. The van der Waals surface area contributed by atoms with Gasteiger partial charge in [0.15, 0.2) is 0 Å². The normalized spacial score (nSPS) is 10.9. The molecule has 0 aliphatic rings. The van der Waals surface area contributed by atoms with Gasteiger partial charge in [-0.3, -0.25) is 9.78 Å². The fraction of sp³-hybridized carbons (Fsp3) is 0.235. The summed E-state index contributed by atoms with van der Waals surface area (Å²) in [5.41, 5.74) is -0.245. The summed E-state index contributed by atoms with van der Waals surface area (Å²) in [4.78, 5) is 27.5. The highest BCUT2D eigenvalue weighted by atomic mass is 19.4. The third kappa shape index (κ3) is 5.47. The van der Waals surface area contributed by atoms with Gasteiger partial charge in [0.05, 0.1) is 24.4 Å². The van der Waals surface area contributed by atoms with Crippen molar-refractivity contribution in [1.82, 2.24) is 10.3 Å². The summed E-state index contributed by atoms with van der Waals surface area (Å²) < 4.78 is 42.9. The molecule has 0 aliphatic carbocycles. The van der Waals surface area contributed by atoms with Crippen molar-refractivity contribution >= 4 is 17.7 Å². The maximum Gasteiger partial charge on any atom is 0.416 e. The lowest BCUT2D eigenvalue weighted by Gasteiger charge is -2.10. The molecule has 0 saturated heterocycles. The number of halogens is 3. The second-order valence-corrected chi connectivity index (χ2v) is 5.14. The third-order valence-corrected chi connectivity index (χ3v) is 3.22. The Morgan fingerprint density at radius 2 is 1.96 bits per heavy atom. The summed E-state index contributed by atoms with van der Waals surface area (Å²) in [6.07, 6.45) is -3.75. The number of carbonyl (C=O) groups excluding carboxylic acids is 2. The maximum absolute atomic E-state index is 12.7. The lowest BCUT2D eigenvalue weighted by Crippen LogP contribution is -2.24. The smallest absolute Gasteiger partial charge is 0.416 e. The molecular formula is C17H16F3N3O3. The molecule has 0 spiro atoms. The number of anilines is 1. The van der Waals surface area contributed by atoms with Crippen LogP contribution in [0.2, 0.25) is 0 Å². The van der Waals surface area contributed by atoms with Gasteiger partial charge in [-0.25, -0.2) is 4.79 Å². The molecule has 1 heterocycles. The van der Waals surface area contributed by atoms with E-state index in [0.29, 0.717) is 5.69 Å². The molecule has 0 fully saturated rings. The number of alkyl carbamates (subject to hydrolysis) is 1. The molecule has 0 radical (unpaired) electrons. The van der Waals surface area contributed by atoms with Crippen LogP contribution >= 0.6 is 0 Å². The van der Waals surface area contributed by atoms with Crippen molar-refractivity contribution in [1.29, 1.82) is 0 Å². The quantitative estimate of drug-likeness (QED) is 0.846. The predicted octanol–water partition coefficient (Wildman–Crippen LogP) is 3.60. The fourth-order valence-corrected chi connectivity index (χ4v) is 2.04. The number of nitrogens with one attached hydrogen (secondary N) is 2. The van der Waals surface area contributed by atoms with Gasteiger partial charge in [0.25, 0.3) is 5.91 Å². The molecule has 2 rings (SSSR count). The number of aromatic nitrogens is 1. The average Bonchev–Trinajstić information content (AvgIpc) is 2.60. The monoisotopic (exact) mass is 367 g/mol. The first kappa shape index (κ1) is 19.2. The van der Waals surface area contributed by atoms with E-state index in [1.54, 1.807) is 6.92 Å². The molecule has 0 bridgehead atoms. The van der Waals surface area contributed by atoms with Gasteiger partial charge in [-0.2, -0.15) is 13.2 Å². The van der Waals surface area contributed by atoms with Crippen LogP contribution in [0.1, 0.15) is 28.5 Å². The molecule has 2 amide bonds. The van der Waals surface area contributed by atoms with Crippen molar-refractivity contribution in [3.05, 3.63) is 59.4 Å². The Labute approximate surface area is 147 Å². The zero-order valence-electron chi connectivity index (χ0n) is 13.8. The zero-order valence-corrected chi connectivity index (χ0v) is 13.8.